The Morgan fingerprint density at radius 2 is 0.535 bits per heavy atom. The van der Waals surface area contributed by atoms with E-state index in [2.05, 4.69) is 160 Å². The Balaban J connectivity index is 3.99. The van der Waals surface area contributed by atoms with Gasteiger partial charge in [-0.05, 0) is 116 Å². The number of carboxylic acid groups (broad SMARTS) is 1. The first-order chi connectivity index (χ1) is 49.6. The van der Waals surface area contributed by atoms with Crippen molar-refractivity contribution in [2.24, 2.45) is 0 Å². The molecule has 0 aliphatic rings. The summed E-state index contributed by atoms with van der Waals surface area (Å²) in [5, 5.41) is 11.9. The first-order valence-electron chi connectivity index (χ1n) is 42.0. The molecule has 0 rings (SSSR count). The number of carbonyl (C=O) groups is 3. The number of esters is 2. The topological polar surface area (TPSA) is 111 Å². The Kier molecular flexibility index (Phi) is 77.0. The molecule has 0 saturated heterocycles. The van der Waals surface area contributed by atoms with Crippen molar-refractivity contribution in [3.63, 3.8) is 0 Å². The van der Waals surface area contributed by atoms with Gasteiger partial charge in [0.1, 0.15) is 13.2 Å². The van der Waals surface area contributed by atoms with Crippen LogP contribution in [0.4, 0.5) is 0 Å². The largest absolute Gasteiger partial charge is 0.545 e. The number of carbonyl (C=O) groups excluding carboxylic acids is 3. The van der Waals surface area contributed by atoms with Crippen molar-refractivity contribution in [1.82, 2.24) is 0 Å². The van der Waals surface area contributed by atoms with Crippen LogP contribution in [-0.4, -0.2) is 82.3 Å². The van der Waals surface area contributed by atoms with Crippen molar-refractivity contribution in [2.45, 2.75) is 373 Å². The second-order valence-electron chi connectivity index (χ2n) is 29.0. The third-order valence-corrected chi connectivity index (χ3v) is 18.1. The molecule has 0 aromatic heterocycles. The molecule has 9 heteroatoms. The lowest BCUT2D eigenvalue weighted by molar-refractivity contribution is -0.870. The van der Waals surface area contributed by atoms with Gasteiger partial charge in [-0.15, -0.1) is 0 Å². The first-order valence-corrected chi connectivity index (χ1v) is 42.0. The Labute approximate surface area is 623 Å². The van der Waals surface area contributed by atoms with Crippen LogP contribution in [0.2, 0.25) is 0 Å². The number of aliphatic carboxylic acids is 1. The second kappa shape index (κ2) is 80.8. The monoisotopic (exact) mass is 1400 g/mol. The van der Waals surface area contributed by atoms with Crippen LogP contribution in [-0.2, 0) is 33.3 Å². The minimum atomic E-state index is -1.63. The highest BCUT2D eigenvalue weighted by Gasteiger charge is 2.22. The molecule has 0 amide bonds. The maximum Gasteiger partial charge on any atom is 0.306 e. The fraction of sp³-hybridized carbons (Fsp3) is 0.707. The van der Waals surface area contributed by atoms with Gasteiger partial charge in [0.05, 0.1) is 40.3 Å². The molecule has 2 unspecified atom stereocenters. The summed E-state index contributed by atoms with van der Waals surface area (Å²) in [6.45, 7) is 4.56. The molecular formula is C92H157NO8. The van der Waals surface area contributed by atoms with E-state index < -0.39 is 24.3 Å². The van der Waals surface area contributed by atoms with Crippen LogP contribution in [0.3, 0.4) is 0 Å². The Morgan fingerprint density at radius 3 is 0.792 bits per heavy atom. The predicted molar refractivity (Wildman–Crippen MR) is 435 cm³/mol. The molecule has 0 fully saturated rings. The fourth-order valence-electron chi connectivity index (χ4n) is 11.8. The van der Waals surface area contributed by atoms with Gasteiger partial charge in [-0.25, -0.2) is 0 Å². The van der Waals surface area contributed by atoms with Gasteiger partial charge in [0.15, 0.2) is 12.4 Å². The van der Waals surface area contributed by atoms with Crippen molar-refractivity contribution in [2.75, 3.05) is 47.5 Å². The van der Waals surface area contributed by atoms with E-state index in [-0.39, 0.29) is 32.2 Å². The molecule has 0 N–H and O–H groups in total. The zero-order valence-electron chi connectivity index (χ0n) is 66.2. The maximum absolute atomic E-state index is 13.0. The lowest BCUT2D eigenvalue weighted by atomic mass is 10.0. The van der Waals surface area contributed by atoms with Gasteiger partial charge in [0, 0.05) is 12.8 Å². The molecule has 0 spiro atoms. The number of hydrogen-bond acceptors (Lipinski definition) is 8. The number of rotatable bonds is 77. The van der Waals surface area contributed by atoms with E-state index in [0.717, 1.165) is 109 Å². The van der Waals surface area contributed by atoms with Gasteiger partial charge < -0.3 is 33.3 Å². The van der Waals surface area contributed by atoms with E-state index in [4.69, 9.17) is 18.9 Å². The lowest BCUT2D eigenvalue weighted by Crippen LogP contribution is -2.44. The Morgan fingerprint density at radius 1 is 0.297 bits per heavy atom. The van der Waals surface area contributed by atoms with E-state index in [1.54, 1.807) is 0 Å². The summed E-state index contributed by atoms with van der Waals surface area (Å²) >= 11 is 0. The third kappa shape index (κ3) is 82.3. The van der Waals surface area contributed by atoms with E-state index >= 15 is 0 Å². The average molecular weight is 1410 g/mol. The molecule has 0 aliphatic heterocycles. The van der Waals surface area contributed by atoms with Gasteiger partial charge in [-0.3, -0.25) is 9.59 Å². The average Bonchev–Trinajstić information content (AvgIpc) is 1.21. The summed E-state index contributed by atoms with van der Waals surface area (Å²) in [6, 6.07) is 0. The lowest BCUT2D eigenvalue weighted by Gasteiger charge is -2.26. The van der Waals surface area contributed by atoms with Gasteiger partial charge in [-0.1, -0.05) is 378 Å². The van der Waals surface area contributed by atoms with Gasteiger partial charge in [-0.2, -0.15) is 0 Å². The minimum Gasteiger partial charge on any atom is -0.545 e. The molecule has 2 atom stereocenters. The molecule has 0 aliphatic carbocycles. The third-order valence-electron chi connectivity index (χ3n) is 18.1. The molecule has 0 saturated carbocycles. The first kappa shape index (κ1) is 96.2. The predicted octanol–water partition coefficient (Wildman–Crippen LogP) is 26.0. The van der Waals surface area contributed by atoms with Crippen LogP contribution < -0.4 is 5.11 Å². The quantitative estimate of drug-likeness (QED) is 0.0195. The molecule has 0 heterocycles. The minimum absolute atomic E-state index is 0.145. The van der Waals surface area contributed by atoms with E-state index in [9.17, 15) is 19.5 Å². The zero-order valence-corrected chi connectivity index (χ0v) is 66.2. The SMILES string of the molecule is CC/C=C\C/C=C\C/C=C\C/C=C\C/C=C\C/C=C\C/C=C\CCCCCCCCCCCCCCCCCCCCCC(=O)OC(COC(=O)CCCCCCCCCCCCCCCCCCCCC/C=C\C/C=C\C/C=C\C/C=C\C/C=C\CC)COC(OCC[N+](C)(C)C)C(=O)[O-]. The molecule has 0 aromatic carbocycles. The van der Waals surface area contributed by atoms with Gasteiger partial charge >= 0.3 is 11.9 Å². The standard InChI is InChI=1S/C92H157NO8/c1-6-8-10-12-14-16-18-20-22-24-26-28-30-32-34-36-38-40-42-43-44-45-46-47-49-51-53-55-57-59-61-63-65-67-69-71-73-75-77-79-81-83-90(95)101-88(87-100-92(91(96)97)98-85-84-93(3,4)5)86-99-89(94)82-80-78-76-74-72-70-68-66-64-62-60-58-56-54-52-50-48-41-39-37-35-33-31-29-27-25-23-21-19-17-15-13-11-9-7-2/h8-11,14-17,20-23,26-29,32-35,38,40,43-44,88,92H,6-7,12-13,18-19,24-25,30-31,36-37,39,41-42,45-87H2,1-5H3/b10-8-,11-9-,16-14-,17-15-,22-20-,23-21-,28-26-,29-27-,34-32-,35-33-,40-38-,44-43-. The van der Waals surface area contributed by atoms with Crippen molar-refractivity contribution < 1.29 is 42.9 Å². The van der Waals surface area contributed by atoms with Crippen molar-refractivity contribution in [3.05, 3.63) is 146 Å². The van der Waals surface area contributed by atoms with Gasteiger partial charge in [0.2, 0.25) is 0 Å². The van der Waals surface area contributed by atoms with Crippen molar-refractivity contribution in [3.8, 4) is 0 Å². The second-order valence-corrected chi connectivity index (χ2v) is 29.0. The highest BCUT2D eigenvalue weighted by atomic mass is 16.7. The summed E-state index contributed by atoms with van der Waals surface area (Å²) in [5.41, 5.74) is 0. The van der Waals surface area contributed by atoms with Crippen LogP contribution >= 0.6 is 0 Å². The normalized spacial score (nSPS) is 13.4. The molecule has 101 heavy (non-hydrogen) atoms. The molecule has 578 valence electrons. The number of quaternary nitrogens is 1. The summed E-state index contributed by atoms with van der Waals surface area (Å²) in [5.74, 6) is -2.27. The molecule has 0 aromatic rings. The highest BCUT2D eigenvalue weighted by molar-refractivity contribution is 5.70. The number of carboxylic acids is 1. The zero-order chi connectivity index (χ0) is 73.2. The molecule has 0 bridgehead atoms. The number of allylic oxidation sites excluding steroid dienone is 24. The fourth-order valence-corrected chi connectivity index (χ4v) is 11.8. The number of nitrogens with zero attached hydrogens (tertiary/aromatic N) is 1. The summed E-state index contributed by atoms with van der Waals surface area (Å²) in [7, 11) is 5.94. The highest BCUT2D eigenvalue weighted by Crippen LogP contribution is 2.19. The number of hydrogen-bond donors (Lipinski definition) is 0. The summed E-state index contributed by atoms with van der Waals surface area (Å²) in [4.78, 5) is 37.7. The van der Waals surface area contributed by atoms with Crippen LogP contribution in [0, 0.1) is 0 Å². The van der Waals surface area contributed by atoms with E-state index in [1.807, 2.05) is 21.1 Å². The number of unbranched alkanes of at least 4 members (excludes halogenated alkanes) is 38. The maximum atomic E-state index is 13.0. The molecule has 0 radical (unpaired) electrons. The summed E-state index contributed by atoms with van der Waals surface area (Å²) in [6.07, 6.45) is 115. The molecular weight excluding hydrogens is 1250 g/mol. The Bertz CT molecular complexity index is 2180. The van der Waals surface area contributed by atoms with Crippen LogP contribution in [0.1, 0.15) is 361 Å². The molecule has 9 nitrogen and oxygen atoms in total. The van der Waals surface area contributed by atoms with Crippen LogP contribution in [0.15, 0.2) is 146 Å². The number of likely N-dealkylation sites (N-methyl/N-ethyl adjacent to an activating group) is 1. The summed E-state index contributed by atoms with van der Waals surface area (Å²) < 4.78 is 22.9. The van der Waals surface area contributed by atoms with Gasteiger partial charge in [0.25, 0.3) is 0 Å². The van der Waals surface area contributed by atoms with Crippen molar-refractivity contribution in [1.29, 1.82) is 0 Å². The number of ether oxygens (including phenoxy) is 4. The van der Waals surface area contributed by atoms with Crippen LogP contribution in [0.5, 0.6) is 0 Å². The van der Waals surface area contributed by atoms with E-state index in [1.165, 1.54) is 218 Å². The van der Waals surface area contributed by atoms with Crippen molar-refractivity contribution >= 4 is 17.9 Å². The van der Waals surface area contributed by atoms with E-state index in [0.29, 0.717) is 23.9 Å². The smallest absolute Gasteiger partial charge is 0.306 e. The van der Waals surface area contributed by atoms with Crippen LogP contribution in [0.25, 0.3) is 0 Å². The Hall–Kier alpha value is -4.83.